The number of allylic oxidation sites excluding steroid dienone is 2. The van der Waals surface area contributed by atoms with Gasteiger partial charge in [0.05, 0.1) is 6.08 Å². The average Bonchev–Trinajstić information content (AvgIpc) is 2.53. The second-order valence-corrected chi connectivity index (χ2v) is 8.04. The molecule has 2 aliphatic rings. The Bertz CT molecular complexity index is 383. The molecule has 140 valence electrons. The number of hydrogen-bond donors (Lipinski definition) is 0. The predicted molar refractivity (Wildman–Crippen MR) is 90.3 cm³/mol. The van der Waals surface area contributed by atoms with E-state index in [-0.39, 0.29) is 6.08 Å². The van der Waals surface area contributed by atoms with Gasteiger partial charge in [0, 0.05) is 5.92 Å². The maximum Gasteiger partial charge on any atom is 0.412 e. The molecule has 0 atom stereocenters. The molecule has 0 heterocycles. The first kappa shape index (κ1) is 19.8. The minimum Gasteiger partial charge on any atom is -0.212 e. The molecule has 2 aliphatic carbocycles. The number of halogens is 4. The number of rotatable bonds is 6. The third-order valence-corrected chi connectivity index (χ3v) is 6.18. The van der Waals surface area contributed by atoms with Crippen molar-refractivity contribution in [3.05, 3.63) is 11.9 Å². The number of hydrogen-bond acceptors (Lipinski definition) is 0. The van der Waals surface area contributed by atoms with Crippen LogP contribution >= 0.6 is 0 Å². The van der Waals surface area contributed by atoms with Gasteiger partial charge < -0.3 is 0 Å². The lowest BCUT2D eigenvalue weighted by atomic mass is 9.75. The zero-order chi connectivity index (χ0) is 17.6. The smallest absolute Gasteiger partial charge is 0.212 e. The lowest BCUT2D eigenvalue weighted by Crippen LogP contribution is -2.19. The quantitative estimate of drug-likeness (QED) is 0.434. The van der Waals surface area contributed by atoms with E-state index in [0.717, 1.165) is 24.7 Å². The molecule has 0 aromatic rings. The minimum atomic E-state index is -4.53. The third kappa shape index (κ3) is 6.76. The van der Waals surface area contributed by atoms with Gasteiger partial charge in [0.15, 0.2) is 0 Å². The van der Waals surface area contributed by atoms with Crippen molar-refractivity contribution in [1.29, 1.82) is 0 Å². The standard InChI is InChI=1S/C20H32F4/c1-2-3-15-4-6-16(7-5-15)8-9-17-10-12-18(13-11-17)19(21)14-20(22,23)24/h14-18H,2-13H2,1H3. The van der Waals surface area contributed by atoms with Gasteiger partial charge in [-0.1, -0.05) is 58.3 Å². The van der Waals surface area contributed by atoms with Crippen molar-refractivity contribution in [3.8, 4) is 0 Å². The van der Waals surface area contributed by atoms with Gasteiger partial charge in [-0.05, 0) is 43.4 Å². The summed E-state index contributed by atoms with van der Waals surface area (Å²) in [5.74, 6) is 0.902. The first-order valence-corrected chi connectivity index (χ1v) is 9.82. The summed E-state index contributed by atoms with van der Waals surface area (Å²) in [6.07, 6.45) is 8.79. The van der Waals surface area contributed by atoms with Crippen molar-refractivity contribution < 1.29 is 17.6 Å². The largest absolute Gasteiger partial charge is 0.412 e. The van der Waals surface area contributed by atoms with Crippen molar-refractivity contribution >= 4 is 0 Å². The van der Waals surface area contributed by atoms with E-state index in [2.05, 4.69) is 6.92 Å². The highest BCUT2D eigenvalue weighted by Gasteiger charge is 2.30. The van der Waals surface area contributed by atoms with E-state index >= 15 is 0 Å². The molecule has 0 bridgehead atoms. The second-order valence-electron chi connectivity index (χ2n) is 8.04. The van der Waals surface area contributed by atoms with E-state index in [1.807, 2.05) is 0 Å². The van der Waals surface area contributed by atoms with E-state index in [1.165, 1.54) is 51.4 Å². The van der Waals surface area contributed by atoms with Gasteiger partial charge >= 0.3 is 6.18 Å². The molecule has 0 aliphatic heterocycles. The van der Waals surface area contributed by atoms with Crippen LogP contribution in [0, 0.1) is 23.7 Å². The Balaban J connectivity index is 1.64. The van der Waals surface area contributed by atoms with Crippen LogP contribution in [0.4, 0.5) is 17.6 Å². The summed E-state index contributed by atoms with van der Waals surface area (Å²) < 4.78 is 50.3. The minimum absolute atomic E-state index is 0.146. The van der Waals surface area contributed by atoms with Crippen LogP contribution in [0.25, 0.3) is 0 Å². The van der Waals surface area contributed by atoms with E-state index < -0.39 is 17.9 Å². The summed E-state index contributed by atoms with van der Waals surface area (Å²) in [5.41, 5.74) is 0. The fraction of sp³-hybridized carbons (Fsp3) is 0.900. The Hall–Kier alpha value is -0.540. The monoisotopic (exact) mass is 348 g/mol. The normalized spacial score (nSPS) is 32.8. The summed E-state index contributed by atoms with van der Waals surface area (Å²) in [6, 6.07) is 0. The van der Waals surface area contributed by atoms with Crippen LogP contribution in [0.3, 0.4) is 0 Å². The Kier molecular flexibility index (Phi) is 7.61. The Morgan fingerprint density at radius 2 is 1.21 bits per heavy atom. The van der Waals surface area contributed by atoms with Gasteiger partial charge in [0.25, 0.3) is 0 Å². The fourth-order valence-corrected chi connectivity index (χ4v) is 4.69. The Morgan fingerprint density at radius 3 is 1.62 bits per heavy atom. The van der Waals surface area contributed by atoms with Crippen LogP contribution in [0.5, 0.6) is 0 Å². The van der Waals surface area contributed by atoms with Gasteiger partial charge in [-0.3, -0.25) is 0 Å². The lowest BCUT2D eigenvalue weighted by molar-refractivity contribution is -0.0821. The molecule has 2 fully saturated rings. The van der Waals surface area contributed by atoms with Crippen LogP contribution < -0.4 is 0 Å². The van der Waals surface area contributed by atoms with Gasteiger partial charge in [-0.15, -0.1) is 0 Å². The van der Waals surface area contributed by atoms with Crippen LogP contribution in [-0.2, 0) is 0 Å². The van der Waals surface area contributed by atoms with Crippen LogP contribution in [0.15, 0.2) is 11.9 Å². The number of alkyl halides is 3. The van der Waals surface area contributed by atoms with E-state index in [1.54, 1.807) is 0 Å². The highest BCUT2D eigenvalue weighted by molar-refractivity contribution is 5.03. The molecule has 0 aromatic heterocycles. The van der Waals surface area contributed by atoms with Crippen molar-refractivity contribution in [2.75, 3.05) is 0 Å². The molecule has 0 spiro atoms. The van der Waals surface area contributed by atoms with Crippen molar-refractivity contribution in [2.45, 2.75) is 90.1 Å². The molecule has 0 amide bonds. The summed E-state index contributed by atoms with van der Waals surface area (Å²) >= 11 is 0. The maximum atomic E-state index is 13.6. The highest BCUT2D eigenvalue weighted by atomic mass is 19.4. The molecular formula is C20H32F4. The zero-order valence-corrected chi connectivity index (χ0v) is 14.9. The summed E-state index contributed by atoms with van der Waals surface area (Å²) in [5, 5.41) is 0. The third-order valence-electron chi connectivity index (χ3n) is 6.18. The van der Waals surface area contributed by atoms with Gasteiger partial charge in [0.1, 0.15) is 5.83 Å². The molecule has 0 unspecified atom stereocenters. The SMILES string of the molecule is CCCC1CCC(CCC2CCC(C(F)=CC(F)(F)F)CC2)CC1. The molecule has 24 heavy (non-hydrogen) atoms. The average molecular weight is 348 g/mol. The highest BCUT2D eigenvalue weighted by Crippen LogP contribution is 2.39. The summed E-state index contributed by atoms with van der Waals surface area (Å²) in [6.45, 7) is 2.26. The molecule has 0 saturated heterocycles. The molecule has 0 N–H and O–H groups in total. The first-order chi connectivity index (χ1) is 11.4. The fourth-order valence-electron chi connectivity index (χ4n) is 4.69. The predicted octanol–water partition coefficient (Wildman–Crippen LogP) is 7.60. The topological polar surface area (TPSA) is 0 Å². The van der Waals surface area contributed by atoms with E-state index in [4.69, 9.17) is 0 Å². The Labute approximate surface area is 144 Å². The van der Waals surface area contributed by atoms with E-state index in [0.29, 0.717) is 18.8 Å². The van der Waals surface area contributed by atoms with E-state index in [9.17, 15) is 17.6 Å². The molecule has 2 saturated carbocycles. The zero-order valence-electron chi connectivity index (χ0n) is 14.9. The van der Waals surface area contributed by atoms with Gasteiger partial charge in [-0.2, -0.15) is 13.2 Å². The Morgan fingerprint density at radius 1 is 0.792 bits per heavy atom. The van der Waals surface area contributed by atoms with Crippen LogP contribution in [0.1, 0.15) is 84.0 Å². The molecule has 4 heteroatoms. The van der Waals surface area contributed by atoms with Gasteiger partial charge in [-0.25, -0.2) is 4.39 Å². The summed E-state index contributed by atoms with van der Waals surface area (Å²) in [7, 11) is 0. The molecule has 0 aromatic carbocycles. The van der Waals surface area contributed by atoms with Crippen molar-refractivity contribution in [2.24, 2.45) is 23.7 Å². The molecular weight excluding hydrogens is 316 g/mol. The van der Waals surface area contributed by atoms with Crippen molar-refractivity contribution in [3.63, 3.8) is 0 Å². The van der Waals surface area contributed by atoms with Gasteiger partial charge in [0.2, 0.25) is 0 Å². The van der Waals surface area contributed by atoms with Crippen LogP contribution in [0.2, 0.25) is 0 Å². The molecule has 2 rings (SSSR count). The summed E-state index contributed by atoms with van der Waals surface area (Å²) in [4.78, 5) is 0. The molecule has 0 nitrogen and oxygen atoms in total. The van der Waals surface area contributed by atoms with Crippen molar-refractivity contribution in [1.82, 2.24) is 0 Å². The lowest BCUT2D eigenvalue weighted by Gasteiger charge is -2.31. The maximum absolute atomic E-state index is 13.6. The molecule has 0 radical (unpaired) electrons. The van der Waals surface area contributed by atoms with Crippen LogP contribution in [-0.4, -0.2) is 6.18 Å². The first-order valence-electron chi connectivity index (χ1n) is 9.82. The second kappa shape index (κ2) is 9.24.